The monoisotopic (exact) mass is 524 g/mol. The standard InChI is InChI=1S/C25H24N4O5S2/c1-16(30)34-28-24(26)18-10-8-17(9-11-18)14-22(29-36(31,32)20-6-4-3-5-7-20)25-27-21-13-12-19(33-2)15-23(21)35-25/h3-13,15,22,29H,14H2,1-2H3,(H2,26,28)/t22-/m1/s1. The summed E-state index contributed by atoms with van der Waals surface area (Å²) in [4.78, 5) is 20.4. The molecule has 0 unspecified atom stereocenters. The molecular weight excluding hydrogens is 500 g/mol. The van der Waals surface area contributed by atoms with Crippen molar-refractivity contribution in [2.24, 2.45) is 10.9 Å². The van der Waals surface area contributed by atoms with Gasteiger partial charge in [-0.2, -0.15) is 0 Å². The third kappa shape index (κ3) is 6.06. The third-order valence-corrected chi connectivity index (χ3v) is 7.84. The summed E-state index contributed by atoms with van der Waals surface area (Å²) in [5.41, 5.74) is 8.02. The lowest BCUT2D eigenvalue weighted by Gasteiger charge is -2.17. The maximum atomic E-state index is 13.2. The summed E-state index contributed by atoms with van der Waals surface area (Å²) in [6, 6.07) is 20.2. The fourth-order valence-corrected chi connectivity index (χ4v) is 5.79. The lowest BCUT2D eigenvalue weighted by Crippen LogP contribution is -2.30. The number of thiazole rings is 1. The molecule has 0 spiro atoms. The molecule has 36 heavy (non-hydrogen) atoms. The summed E-state index contributed by atoms with van der Waals surface area (Å²) in [6.07, 6.45) is 0.338. The number of fused-ring (bicyclic) bond motifs is 1. The maximum absolute atomic E-state index is 13.2. The molecule has 9 nitrogen and oxygen atoms in total. The molecular formula is C25H24N4O5S2. The van der Waals surface area contributed by atoms with Gasteiger partial charge in [0.1, 0.15) is 10.8 Å². The zero-order valence-electron chi connectivity index (χ0n) is 19.5. The topological polar surface area (TPSA) is 133 Å². The van der Waals surface area contributed by atoms with Crippen molar-refractivity contribution in [3.63, 3.8) is 0 Å². The third-order valence-electron chi connectivity index (χ3n) is 5.22. The maximum Gasteiger partial charge on any atom is 0.332 e. The van der Waals surface area contributed by atoms with Gasteiger partial charge in [0.05, 0.1) is 28.3 Å². The lowest BCUT2D eigenvalue weighted by atomic mass is 10.0. The fourth-order valence-electron chi connectivity index (χ4n) is 3.45. The van der Waals surface area contributed by atoms with Crippen molar-refractivity contribution in [2.45, 2.75) is 24.3 Å². The van der Waals surface area contributed by atoms with Crippen molar-refractivity contribution >= 4 is 43.4 Å². The largest absolute Gasteiger partial charge is 0.497 e. The van der Waals surface area contributed by atoms with E-state index in [1.165, 1.54) is 18.3 Å². The molecule has 11 heteroatoms. The fraction of sp³-hybridized carbons (Fsp3) is 0.160. The predicted molar refractivity (Wildman–Crippen MR) is 138 cm³/mol. The Morgan fingerprint density at radius 3 is 2.50 bits per heavy atom. The van der Waals surface area contributed by atoms with E-state index in [4.69, 9.17) is 15.5 Å². The van der Waals surface area contributed by atoms with Gasteiger partial charge in [-0.3, -0.25) is 0 Å². The van der Waals surface area contributed by atoms with Crippen LogP contribution in [0.2, 0.25) is 0 Å². The molecule has 0 amide bonds. The lowest BCUT2D eigenvalue weighted by molar-refractivity contribution is -0.140. The van der Waals surface area contributed by atoms with Crippen LogP contribution in [-0.4, -0.2) is 32.3 Å². The predicted octanol–water partition coefficient (Wildman–Crippen LogP) is 3.75. The van der Waals surface area contributed by atoms with Gasteiger partial charge in [-0.1, -0.05) is 47.6 Å². The quantitative estimate of drug-likeness (QED) is 0.147. The van der Waals surface area contributed by atoms with Gasteiger partial charge < -0.3 is 15.3 Å². The Labute approximate surface area is 212 Å². The van der Waals surface area contributed by atoms with Crippen molar-refractivity contribution in [1.29, 1.82) is 0 Å². The highest BCUT2D eigenvalue weighted by atomic mass is 32.2. The van der Waals surface area contributed by atoms with Crippen molar-refractivity contribution in [1.82, 2.24) is 9.71 Å². The number of nitrogens with zero attached hydrogens (tertiary/aromatic N) is 2. The van der Waals surface area contributed by atoms with Gasteiger partial charge in [-0.25, -0.2) is 22.9 Å². The van der Waals surface area contributed by atoms with Crippen molar-refractivity contribution < 1.29 is 22.8 Å². The van der Waals surface area contributed by atoms with Crippen LogP contribution < -0.4 is 15.2 Å². The van der Waals surface area contributed by atoms with Crippen LogP contribution in [0.15, 0.2) is 82.8 Å². The van der Waals surface area contributed by atoms with Gasteiger partial charge in [-0.15, -0.1) is 11.3 Å². The van der Waals surface area contributed by atoms with Crippen LogP contribution in [0.3, 0.4) is 0 Å². The van der Waals surface area contributed by atoms with Crippen LogP contribution in [0.4, 0.5) is 0 Å². The van der Waals surface area contributed by atoms with Gasteiger partial charge >= 0.3 is 5.97 Å². The smallest absolute Gasteiger partial charge is 0.332 e. The number of nitrogens with two attached hydrogens (primary N) is 1. The molecule has 1 heterocycles. The Balaban J connectivity index is 1.65. The molecule has 0 fully saturated rings. The molecule has 0 bridgehead atoms. The number of carbonyl (C=O) groups is 1. The van der Waals surface area contributed by atoms with Crippen LogP contribution in [0.1, 0.15) is 29.1 Å². The molecule has 0 aliphatic rings. The highest BCUT2D eigenvalue weighted by Gasteiger charge is 2.25. The van der Waals surface area contributed by atoms with E-state index in [9.17, 15) is 13.2 Å². The molecule has 3 N–H and O–H groups in total. The number of oxime groups is 1. The Bertz CT molecular complexity index is 1500. The molecule has 0 aliphatic heterocycles. The number of hydrogen-bond donors (Lipinski definition) is 2. The average Bonchev–Trinajstić information content (AvgIpc) is 3.31. The first kappa shape index (κ1) is 25.3. The first-order valence-electron chi connectivity index (χ1n) is 10.9. The number of carbonyl (C=O) groups excluding carboxylic acids is 1. The van der Waals surface area contributed by atoms with Crippen LogP contribution in [0.5, 0.6) is 5.75 Å². The van der Waals surface area contributed by atoms with Crippen molar-refractivity contribution in [3.8, 4) is 5.75 Å². The van der Waals surface area contributed by atoms with Gasteiger partial charge in [0.15, 0.2) is 5.84 Å². The molecule has 1 aromatic heterocycles. The van der Waals surface area contributed by atoms with E-state index in [1.54, 1.807) is 49.6 Å². The van der Waals surface area contributed by atoms with Gasteiger partial charge in [0.2, 0.25) is 10.0 Å². The van der Waals surface area contributed by atoms with E-state index in [0.29, 0.717) is 22.7 Å². The van der Waals surface area contributed by atoms with E-state index in [-0.39, 0.29) is 10.7 Å². The zero-order chi connectivity index (χ0) is 25.7. The highest BCUT2D eigenvalue weighted by molar-refractivity contribution is 7.89. The van der Waals surface area contributed by atoms with Crippen molar-refractivity contribution in [2.75, 3.05) is 7.11 Å². The minimum Gasteiger partial charge on any atom is -0.497 e. The van der Waals surface area contributed by atoms with Crippen LogP contribution in [-0.2, 0) is 26.1 Å². The van der Waals surface area contributed by atoms with Gasteiger partial charge in [0, 0.05) is 12.5 Å². The van der Waals surface area contributed by atoms with Crippen LogP contribution in [0, 0.1) is 0 Å². The molecule has 186 valence electrons. The second-order valence-corrected chi connectivity index (χ2v) is 10.6. The average molecular weight is 525 g/mol. The number of benzene rings is 3. The summed E-state index contributed by atoms with van der Waals surface area (Å²) in [5.74, 6) is 0.178. The summed E-state index contributed by atoms with van der Waals surface area (Å²) in [7, 11) is -2.22. The molecule has 3 aromatic carbocycles. The minimum atomic E-state index is -3.81. The van der Waals surface area contributed by atoms with E-state index in [1.807, 2.05) is 30.3 Å². The highest BCUT2D eigenvalue weighted by Crippen LogP contribution is 2.32. The second-order valence-electron chi connectivity index (χ2n) is 7.83. The Morgan fingerprint density at radius 1 is 1.11 bits per heavy atom. The first-order chi connectivity index (χ1) is 17.2. The number of sulfonamides is 1. The number of rotatable bonds is 9. The summed E-state index contributed by atoms with van der Waals surface area (Å²) in [5, 5.41) is 4.21. The van der Waals surface area contributed by atoms with E-state index >= 15 is 0 Å². The van der Waals surface area contributed by atoms with Gasteiger partial charge in [0.25, 0.3) is 0 Å². The molecule has 1 atom stereocenters. The summed E-state index contributed by atoms with van der Waals surface area (Å²) >= 11 is 1.40. The molecule has 4 aromatic rings. The molecule has 4 rings (SSSR count). The number of ether oxygens (including phenoxy) is 1. The zero-order valence-corrected chi connectivity index (χ0v) is 21.2. The first-order valence-corrected chi connectivity index (χ1v) is 13.2. The van der Waals surface area contributed by atoms with Crippen LogP contribution in [0.25, 0.3) is 10.2 Å². The number of nitrogens with one attached hydrogen (secondary N) is 1. The van der Waals surface area contributed by atoms with E-state index in [2.05, 4.69) is 14.7 Å². The summed E-state index contributed by atoms with van der Waals surface area (Å²) < 4.78 is 35.3. The van der Waals surface area contributed by atoms with Gasteiger partial charge in [-0.05, 0) is 42.3 Å². The molecule has 0 saturated carbocycles. The molecule has 0 radical (unpaired) electrons. The molecule has 0 saturated heterocycles. The SMILES string of the molecule is COc1ccc2nc([C@@H](Cc3ccc(C(N)=NOC(C)=O)cc3)NS(=O)(=O)c3ccccc3)sc2c1. The normalized spacial score (nSPS) is 12.9. The van der Waals surface area contributed by atoms with Crippen molar-refractivity contribution in [3.05, 3.63) is 88.9 Å². The van der Waals surface area contributed by atoms with E-state index in [0.717, 1.165) is 15.8 Å². The minimum absolute atomic E-state index is 0.0539. The van der Waals surface area contributed by atoms with E-state index < -0.39 is 22.0 Å². The number of hydrogen-bond acceptors (Lipinski definition) is 8. The molecule has 0 aliphatic carbocycles. The Morgan fingerprint density at radius 2 is 1.83 bits per heavy atom. The summed E-state index contributed by atoms with van der Waals surface area (Å²) in [6.45, 7) is 1.23. The Hall–Kier alpha value is -3.80. The number of amidine groups is 1. The Kier molecular flexibility index (Phi) is 7.63. The second kappa shape index (κ2) is 10.9. The van der Waals surface area contributed by atoms with Crippen LogP contribution >= 0.6 is 11.3 Å². The number of aromatic nitrogens is 1. The number of methoxy groups -OCH3 is 1.